The second-order valence-corrected chi connectivity index (χ2v) is 6.44. The summed E-state index contributed by atoms with van der Waals surface area (Å²) >= 11 is 3.35. The van der Waals surface area contributed by atoms with Crippen LogP contribution < -0.4 is 0 Å². The topological polar surface area (TPSA) is 138 Å². The first-order chi connectivity index (χ1) is 11.1. The number of carbonyl (C=O) groups is 1. The van der Waals surface area contributed by atoms with Gasteiger partial charge in [0.15, 0.2) is 6.29 Å². The first-order valence-electron chi connectivity index (χ1n) is 7.34. The van der Waals surface area contributed by atoms with Gasteiger partial charge in [-0.05, 0) is 39.9 Å². The zero-order valence-corrected chi connectivity index (χ0v) is 15.4. The van der Waals surface area contributed by atoms with Gasteiger partial charge in [-0.15, -0.1) is 0 Å². The van der Waals surface area contributed by atoms with Crippen molar-refractivity contribution in [1.82, 2.24) is 0 Å². The number of hydrogen-bond acceptors (Lipinski definition) is 7. The molecule has 6 N–H and O–H groups in total. The van der Waals surface area contributed by atoms with Crippen molar-refractivity contribution in [3.8, 4) is 5.75 Å². The Hall–Kier alpha value is -1.03. The molecular weight excluding hydrogens is 384 g/mol. The minimum absolute atomic E-state index is 0.0258. The van der Waals surface area contributed by atoms with Crippen molar-refractivity contribution >= 4 is 22.2 Å². The fourth-order valence-electron chi connectivity index (χ4n) is 1.76. The van der Waals surface area contributed by atoms with Gasteiger partial charge in [-0.1, -0.05) is 26.0 Å². The van der Waals surface area contributed by atoms with E-state index in [1.807, 2.05) is 19.1 Å². The standard InChI is InChI=1S/C10H13BrO.C6H12O6/c1-6(2)8-5-4-7(3)9(11)10(8)12;7-1-3(9)5(11)6(12)4(10)2-8/h4-6,12H,1-3H3;1,3-6,8-12H,2H2. The van der Waals surface area contributed by atoms with E-state index in [2.05, 4.69) is 29.8 Å². The van der Waals surface area contributed by atoms with Crippen molar-refractivity contribution in [2.75, 3.05) is 6.61 Å². The Morgan fingerprint density at radius 1 is 1.12 bits per heavy atom. The van der Waals surface area contributed by atoms with Crippen LogP contribution in [0.15, 0.2) is 16.6 Å². The number of aliphatic hydroxyl groups excluding tert-OH is 5. The Morgan fingerprint density at radius 2 is 1.67 bits per heavy atom. The lowest BCUT2D eigenvalue weighted by atomic mass is 10.0. The number of rotatable bonds is 6. The highest BCUT2D eigenvalue weighted by molar-refractivity contribution is 9.10. The van der Waals surface area contributed by atoms with Gasteiger partial charge in [-0.2, -0.15) is 0 Å². The molecule has 0 fully saturated rings. The monoisotopic (exact) mass is 408 g/mol. The normalized spacial score (nSPS) is 15.9. The Bertz CT molecular complexity index is 521. The molecule has 0 aliphatic heterocycles. The summed E-state index contributed by atoms with van der Waals surface area (Å²) < 4.78 is 0.814. The summed E-state index contributed by atoms with van der Waals surface area (Å²) in [4.78, 5) is 9.90. The van der Waals surface area contributed by atoms with Gasteiger partial charge in [0.2, 0.25) is 0 Å². The van der Waals surface area contributed by atoms with Crippen LogP contribution in [0.4, 0.5) is 0 Å². The largest absolute Gasteiger partial charge is 0.506 e. The van der Waals surface area contributed by atoms with E-state index in [4.69, 9.17) is 25.5 Å². The van der Waals surface area contributed by atoms with E-state index in [0.29, 0.717) is 11.7 Å². The minimum Gasteiger partial charge on any atom is -0.506 e. The number of aryl methyl sites for hydroxylation is 1. The molecule has 0 saturated carbocycles. The van der Waals surface area contributed by atoms with E-state index in [0.717, 1.165) is 15.6 Å². The molecule has 1 aromatic carbocycles. The van der Waals surface area contributed by atoms with E-state index >= 15 is 0 Å². The lowest BCUT2D eigenvalue weighted by Crippen LogP contribution is -2.46. The molecular formula is C16H25BrO7. The molecule has 0 bridgehead atoms. The third kappa shape index (κ3) is 6.46. The second-order valence-electron chi connectivity index (χ2n) is 5.65. The number of hydrogen-bond donors (Lipinski definition) is 6. The molecule has 4 atom stereocenters. The zero-order chi connectivity index (χ0) is 19.0. The summed E-state index contributed by atoms with van der Waals surface area (Å²) in [5.41, 5.74) is 2.06. The predicted octanol–water partition coefficient (Wildman–Crippen LogP) is 0.208. The number of aliphatic hydroxyl groups is 5. The van der Waals surface area contributed by atoms with Gasteiger partial charge in [0, 0.05) is 0 Å². The molecule has 7 nitrogen and oxygen atoms in total. The second kappa shape index (κ2) is 10.8. The van der Waals surface area contributed by atoms with Crippen LogP contribution in [0, 0.1) is 6.92 Å². The molecule has 0 aliphatic carbocycles. The average molecular weight is 409 g/mol. The average Bonchev–Trinajstić information content (AvgIpc) is 2.57. The van der Waals surface area contributed by atoms with Gasteiger partial charge in [0.25, 0.3) is 0 Å². The van der Waals surface area contributed by atoms with Crippen LogP contribution in [0.5, 0.6) is 5.75 Å². The highest BCUT2D eigenvalue weighted by Gasteiger charge is 2.29. The van der Waals surface area contributed by atoms with Crippen molar-refractivity contribution < 1.29 is 35.4 Å². The van der Waals surface area contributed by atoms with Gasteiger partial charge in [-0.3, -0.25) is 0 Å². The molecule has 0 heterocycles. The number of phenolic OH excluding ortho intramolecular Hbond substituents is 1. The molecule has 0 saturated heterocycles. The molecule has 138 valence electrons. The summed E-state index contributed by atoms with van der Waals surface area (Å²) in [5.74, 6) is 0.742. The molecule has 1 rings (SSSR count). The number of aldehydes is 1. The van der Waals surface area contributed by atoms with Crippen LogP contribution in [0.3, 0.4) is 0 Å². The molecule has 0 radical (unpaired) electrons. The molecule has 0 amide bonds. The Balaban J connectivity index is 0.000000441. The first-order valence-corrected chi connectivity index (χ1v) is 8.14. The highest BCUT2D eigenvalue weighted by Crippen LogP contribution is 2.34. The number of aromatic hydroxyl groups is 1. The molecule has 1 aromatic rings. The third-order valence-electron chi connectivity index (χ3n) is 3.38. The summed E-state index contributed by atoms with van der Waals surface area (Å²) in [6.45, 7) is 5.34. The third-order valence-corrected chi connectivity index (χ3v) is 4.38. The molecule has 24 heavy (non-hydrogen) atoms. The SMILES string of the molecule is Cc1ccc(C(C)C)c(O)c1Br.O=CC(O)C(O)C(O)C(O)CO. The maximum absolute atomic E-state index is 9.90. The Kier molecular flexibility index (Phi) is 10.3. The van der Waals surface area contributed by atoms with E-state index in [1.165, 1.54) is 0 Å². The Morgan fingerprint density at radius 3 is 2.08 bits per heavy atom. The van der Waals surface area contributed by atoms with E-state index in [-0.39, 0.29) is 6.29 Å². The van der Waals surface area contributed by atoms with Crippen LogP contribution >= 0.6 is 15.9 Å². The van der Waals surface area contributed by atoms with E-state index in [9.17, 15) is 9.90 Å². The smallest absolute Gasteiger partial charge is 0.151 e. The number of halogens is 1. The van der Waals surface area contributed by atoms with Gasteiger partial charge in [0.05, 0.1) is 11.1 Å². The van der Waals surface area contributed by atoms with E-state index in [1.54, 1.807) is 0 Å². The summed E-state index contributed by atoms with van der Waals surface area (Å²) in [6, 6.07) is 3.99. The predicted molar refractivity (Wildman–Crippen MR) is 91.8 cm³/mol. The van der Waals surface area contributed by atoms with Crippen LogP contribution in [-0.4, -0.2) is 67.9 Å². The van der Waals surface area contributed by atoms with Crippen LogP contribution in [-0.2, 0) is 4.79 Å². The van der Waals surface area contributed by atoms with Crippen molar-refractivity contribution in [2.24, 2.45) is 0 Å². The summed E-state index contributed by atoms with van der Waals surface area (Å²) in [6.07, 6.45) is -6.84. The molecule has 0 spiro atoms. The molecule has 0 aromatic heterocycles. The number of carbonyl (C=O) groups excluding carboxylic acids is 1. The first kappa shape index (κ1) is 23.0. The van der Waals surface area contributed by atoms with Crippen LogP contribution in [0.25, 0.3) is 0 Å². The van der Waals surface area contributed by atoms with Gasteiger partial charge in [0.1, 0.15) is 30.2 Å². The maximum atomic E-state index is 9.90. The number of benzene rings is 1. The van der Waals surface area contributed by atoms with Crippen molar-refractivity contribution in [3.05, 3.63) is 27.7 Å². The molecule has 8 heteroatoms. The minimum atomic E-state index is -1.79. The quantitative estimate of drug-likeness (QED) is 0.369. The van der Waals surface area contributed by atoms with Gasteiger partial charge in [-0.25, -0.2) is 0 Å². The van der Waals surface area contributed by atoms with E-state index < -0.39 is 31.0 Å². The summed E-state index contributed by atoms with van der Waals surface area (Å²) in [7, 11) is 0. The maximum Gasteiger partial charge on any atom is 0.151 e. The fourth-order valence-corrected chi connectivity index (χ4v) is 2.13. The fraction of sp³-hybridized carbons (Fsp3) is 0.562. The lowest BCUT2D eigenvalue weighted by Gasteiger charge is -2.22. The number of phenols is 1. The van der Waals surface area contributed by atoms with Crippen molar-refractivity contribution in [1.29, 1.82) is 0 Å². The molecule has 0 aliphatic rings. The van der Waals surface area contributed by atoms with Gasteiger partial charge < -0.3 is 35.4 Å². The molecule has 4 unspecified atom stereocenters. The van der Waals surface area contributed by atoms with Crippen molar-refractivity contribution in [3.63, 3.8) is 0 Å². The summed E-state index contributed by atoms with van der Waals surface area (Å²) in [5, 5.41) is 53.2. The van der Waals surface area contributed by atoms with Crippen LogP contribution in [0.2, 0.25) is 0 Å². The highest BCUT2D eigenvalue weighted by atomic mass is 79.9. The Labute approximate surface area is 149 Å². The lowest BCUT2D eigenvalue weighted by molar-refractivity contribution is -0.136. The van der Waals surface area contributed by atoms with Gasteiger partial charge >= 0.3 is 0 Å². The van der Waals surface area contributed by atoms with Crippen molar-refractivity contribution in [2.45, 2.75) is 51.1 Å². The van der Waals surface area contributed by atoms with Crippen LogP contribution in [0.1, 0.15) is 30.9 Å². The zero-order valence-electron chi connectivity index (χ0n) is 13.8.